The van der Waals surface area contributed by atoms with Crippen molar-refractivity contribution in [2.24, 2.45) is 0 Å². The smallest absolute Gasteiger partial charge is 0.318 e. The predicted molar refractivity (Wildman–Crippen MR) is 143 cm³/mol. The van der Waals surface area contributed by atoms with E-state index in [0.29, 0.717) is 57.6 Å². The van der Waals surface area contributed by atoms with E-state index in [0.717, 1.165) is 19.4 Å². The molecule has 5 rings (SSSR count). The Morgan fingerprint density at radius 3 is 2.86 bits per heavy atom. The van der Waals surface area contributed by atoms with Crippen molar-refractivity contribution in [2.75, 3.05) is 38.6 Å². The van der Waals surface area contributed by atoms with Crippen molar-refractivity contribution < 1.29 is 18.3 Å². The fraction of sp³-hybridized carbons (Fsp3) is 0.296. The van der Waals surface area contributed by atoms with Gasteiger partial charge in [-0.1, -0.05) is 24.8 Å². The van der Waals surface area contributed by atoms with Gasteiger partial charge < -0.3 is 20.3 Å². The summed E-state index contributed by atoms with van der Waals surface area (Å²) in [6.45, 7) is 5.58. The summed E-state index contributed by atoms with van der Waals surface area (Å²) in [6.07, 6.45) is 3.35. The molecule has 1 fully saturated rings. The minimum atomic E-state index is -0.471. The molecule has 0 saturated carbocycles. The van der Waals surface area contributed by atoms with Gasteiger partial charge in [-0.05, 0) is 44.6 Å². The molecule has 7 nitrogen and oxygen atoms in total. The van der Waals surface area contributed by atoms with Crippen LogP contribution in [0, 0.1) is 11.6 Å². The van der Waals surface area contributed by atoms with E-state index in [1.807, 2.05) is 0 Å². The lowest BCUT2D eigenvalue weighted by Gasteiger charge is -2.19. The summed E-state index contributed by atoms with van der Waals surface area (Å²) in [5.74, 6) is -0.679. The zero-order valence-electron chi connectivity index (χ0n) is 20.4. The van der Waals surface area contributed by atoms with Crippen molar-refractivity contribution in [2.45, 2.75) is 18.9 Å². The van der Waals surface area contributed by atoms with Crippen LogP contribution in [0.3, 0.4) is 0 Å². The number of amides is 1. The topological polar surface area (TPSA) is 79.4 Å². The number of carbonyl (C=O) groups is 1. The van der Waals surface area contributed by atoms with Crippen LogP contribution in [0.1, 0.15) is 12.8 Å². The Hall–Kier alpha value is -3.63. The summed E-state index contributed by atoms with van der Waals surface area (Å²) in [6, 6.07) is 8.67. The number of nitrogens with one attached hydrogen (secondary N) is 2. The van der Waals surface area contributed by atoms with Crippen LogP contribution in [-0.4, -0.2) is 60.1 Å². The number of benzene rings is 2. The van der Waals surface area contributed by atoms with Crippen molar-refractivity contribution >= 4 is 44.1 Å². The minimum absolute atomic E-state index is 0.184. The Kier molecular flexibility index (Phi) is 7.29. The molecule has 2 N–H and O–H groups in total. The zero-order valence-corrected chi connectivity index (χ0v) is 21.2. The first kappa shape index (κ1) is 25.0. The molecular weight excluding hydrogens is 496 g/mol. The number of rotatable bonds is 9. The number of ether oxygens (including phenoxy) is 1. The van der Waals surface area contributed by atoms with Crippen LogP contribution in [0.25, 0.3) is 32.1 Å². The fourth-order valence-electron chi connectivity index (χ4n) is 4.57. The number of thiophene rings is 1. The van der Waals surface area contributed by atoms with Crippen molar-refractivity contribution in [1.82, 2.24) is 20.2 Å². The van der Waals surface area contributed by atoms with Crippen LogP contribution in [-0.2, 0) is 4.79 Å². The molecule has 1 aliphatic heterocycles. The Balaban J connectivity index is 1.51. The van der Waals surface area contributed by atoms with E-state index in [2.05, 4.69) is 39.1 Å². The third-order valence-electron chi connectivity index (χ3n) is 6.59. The molecule has 1 saturated heterocycles. The highest BCUT2D eigenvalue weighted by Gasteiger charge is 2.22. The van der Waals surface area contributed by atoms with E-state index >= 15 is 4.39 Å². The fourth-order valence-corrected chi connectivity index (χ4v) is 5.52. The number of fused-ring (bicyclic) bond motifs is 2. The van der Waals surface area contributed by atoms with Gasteiger partial charge in [-0.15, -0.1) is 11.3 Å². The molecule has 2 aromatic heterocycles. The van der Waals surface area contributed by atoms with E-state index in [1.54, 1.807) is 24.3 Å². The molecule has 0 unspecified atom stereocenters. The second-order valence-electron chi connectivity index (χ2n) is 8.98. The first-order valence-corrected chi connectivity index (χ1v) is 13.0. The number of hydrogen-bond donors (Lipinski definition) is 2. The van der Waals surface area contributed by atoms with Gasteiger partial charge in [0.2, 0.25) is 5.91 Å². The normalized spacial score (nSPS) is 15.8. The first-order chi connectivity index (χ1) is 17.9. The molecule has 1 atom stereocenters. The minimum Gasteiger partial charge on any atom is -0.462 e. The van der Waals surface area contributed by atoms with Crippen LogP contribution >= 0.6 is 11.3 Å². The second kappa shape index (κ2) is 10.8. The SMILES string of the molecule is C=CC(=O)NCCNc1nc(OC[C@@H]2CCCN2C)nc2cc(-c3cccc4c(F)csc34)c(F)cc12. The van der Waals surface area contributed by atoms with Crippen LogP contribution in [0.5, 0.6) is 6.01 Å². The summed E-state index contributed by atoms with van der Waals surface area (Å²) in [5, 5.41) is 8.21. The maximum absolute atomic E-state index is 15.5. The Labute approximate surface area is 217 Å². The molecule has 4 aromatic rings. The van der Waals surface area contributed by atoms with Crippen LogP contribution in [0.2, 0.25) is 0 Å². The number of nitrogens with zero attached hydrogens (tertiary/aromatic N) is 3. The molecule has 0 bridgehead atoms. The molecule has 192 valence electrons. The number of likely N-dealkylation sites (tertiary alicyclic amines) is 1. The number of hydrogen-bond acceptors (Lipinski definition) is 7. The number of carbonyl (C=O) groups excluding carboxylic acids is 1. The Bertz CT molecular complexity index is 1470. The molecule has 0 radical (unpaired) electrons. The average Bonchev–Trinajstić information content (AvgIpc) is 3.49. The molecular formula is C27H27F2N5O2S. The van der Waals surface area contributed by atoms with E-state index in [4.69, 9.17) is 4.74 Å². The molecule has 1 aliphatic rings. The number of anilines is 1. The monoisotopic (exact) mass is 523 g/mol. The lowest BCUT2D eigenvalue weighted by Crippen LogP contribution is -2.31. The second-order valence-corrected chi connectivity index (χ2v) is 9.86. The van der Waals surface area contributed by atoms with Crippen molar-refractivity contribution in [3.63, 3.8) is 0 Å². The largest absolute Gasteiger partial charge is 0.462 e. The molecule has 10 heteroatoms. The van der Waals surface area contributed by atoms with Crippen molar-refractivity contribution in [3.8, 4) is 17.1 Å². The van der Waals surface area contributed by atoms with E-state index < -0.39 is 5.82 Å². The lowest BCUT2D eigenvalue weighted by molar-refractivity contribution is -0.116. The number of aromatic nitrogens is 2. The third kappa shape index (κ3) is 5.26. The zero-order chi connectivity index (χ0) is 25.9. The summed E-state index contributed by atoms with van der Waals surface area (Å²) >= 11 is 1.24. The predicted octanol–water partition coefficient (Wildman–Crippen LogP) is 4.98. The van der Waals surface area contributed by atoms with Gasteiger partial charge in [-0.3, -0.25) is 4.79 Å². The van der Waals surface area contributed by atoms with Crippen LogP contribution in [0.4, 0.5) is 14.6 Å². The van der Waals surface area contributed by atoms with Crippen molar-refractivity contribution in [3.05, 3.63) is 60.0 Å². The average molecular weight is 524 g/mol. The summed E-state index contributed by atoms with van der Waals surface area (Å²) in [5.41, 5.74) is 1.42. The van der Waals surface area contributed by atoms with E-state index in [-0.39, 0.29) is 23.8 Å². The summed E-state index contributed by atoms with van der Waals surface area (Å²) in [7, 11) is 2.07. The number of halogens is 2. The Morgan fingerprint density at radius 2 is 2.08 bits per heavy atom. The van der Waals surface area contributed by atoms with E-state index in [1.165, 1.54) is 28.9 Å². The van der Waals surface area contributed by atoms with Crippen LogP contribution < -0.4 is 15.4 Å². The highest BCUT2D eigenvalue weighted by atomic mass is 32.1. The number of likely N-dealkylation sites (N-methyl/N-ethyl adjacent to an activating group) is 1. The lowest BCUT2D eigenvalue weighted by atomic mass is 10.0. The molecule has 3 heterocycles. The molecule has 1 amide bonds. The highest BCUT2D eigenvalue weighted by Crippen LogP contribution is 2.38. The first-order valence-electron chi connectivity index (χ1n) is 12.1. The van der Waals surface area contributed by atoms with E-state index in [9.17, 15) is 9.18 Å². The van der Waals surface area contributed by atoms with Gasteiger partial charge in [-0.25, -0.2) is 8.78 Å². The van der Waals surface area contributed by atoms with Gasteiger partial charge in [0.15, 0.2) is 0 Å². The standard InChI is InChI=1S/C27H27F2N5O2S/c1-3-24(35)30-9-10-31-26-20-12-21(28)19(17-7-4-8-18-22(29)15-37-25(17)18)13-23(20)32-27(33-26)36-14-16-6-5-11-34(16)2/h3-4,7-8,12-13,15-16H,1,5-6,9-11,14H2,2H3,(H,30,35)(H,31,32,33)/t16-/m0/s1. The van der Waals surface area contributed by atoms with Gasteiger partial charge in [0.05, 0.1) is 5.52 Å². The van der Waals surface area contributed by atoms with Gasteiger partial charge in [0.25, 0.3) is 0 Å². The van der Waals surface area contributed by atoms with Crippen molar-refractivity contribution in [1.29, 1.82) is 0 Å². The molecule has 0 spiro atoms. The van der Waals surface area contributed by atoms with Gasteiger partial charge >= 0.3 is 6.01 Å². The summed E-state index contributed by atoms with van der Waals surface area (Å²) < 4.78 is 36.3. The maximum atomic E-state index is 15.5. The van der Waals surface area contributed by atoms with Gasteiger partial charge in [-0.2, -0.15) is 9.97 Å². The Morgan fingerprint density at radius 1 is 1.22 bits per heavy atom. The van der Waals surface area contributed by atoms with Gasteiger partial charge in [0, 0.05) is 51.1 Å². The maximum Gasteiger partial charge on any atom is 0.318 e. The highest BCUT2D eigenvalue weighted by molar-refractivity contribution is 7.17. The molecule has 0 aliphatic carbocycles. The van der Waals surface area contributed by atoms with Crippen LogP contribution in [0.15, 0.2) is 48.4 Å². The quantitative estimate of drug-likeness (QED) is 0.238. The molecule has 2 aromatic carbocycles. The third-order valence-corrected chi connectivity index (χ3v) is 7.59. The van der Waals surface area contributed by atoms with Gasteiger partial charge in [0.1, 0.15) is 24.1 Å². The molecule has 37 heavy (non-hydrogen) atoms. The summed E-state index contributed by atoms with van der Waals surface area (Å²) in [4.78, 5) is 22.8.